The summed E-state index contributed by atoms with van der Waals surface area (Å²) in [6.07, 6.45) is 2.12. The Kier molecular flexibility index (Phi) is 4.11. The number of carbonyl (C=O) groups excluding carboxylic acids is 1. The summed E-state index contributed by atoms with van der Waals surface area (Å²) >= 11 is 1.71. The molecule has 0 aromatic carbocycles. The minimum atomic E-state index is -0.431. The number of aliphatic imine (C=N–C) groups is 1. The van der Waals surface area contributed by atoms with Gasteiger partial charge in [0.25, 0.3) is 6.04 Å². The molecule has 1 aromatic rings. The van der Waals surface area contributed by atoms with Gasteiger partial charge < -0.3 is 9.58 Å². The van der Waals surface area contributed by atoms with Crippen molar-refractivity contribution in [2.75, 3.05) is 7.11 Å². The van der Waals surface area contributed by atoms with Crippen LogP contribution in [0.25, 0.3) is 4.85 Å². The summed E-state index contributed by atoms with van der Waals surface area (Å²) < 4.78 is 5.06. The van der Waals surface area contributed by atoms with E-state index < -0.39 is 6.04 Å². The van der Waals surface area contributed by atoms with Crippen LogP contribution >= 0.6 is 11.3 Å². The molecule has 0 bridgehead atoms. The van der Waals surface area contributed by atoms with E-state index >= 15 is 0 Å². The smallest absolute Gasteiger partial charge is 0.336 e. The maximum absolute atomic E-state index is 12.5. The van der Waals surface area contributed by atoms with Gasteiger partial charge in [0.1, 0.15) is 5.92 Å². The molecule has 2 aliphatic rings. The van der Waals surface area contributed by atoms with E-state index in [1.54, 1.807) is 11.3 Å². The van der Waals surface area contributed by atoms with Crippen molar-refractivity contribution in [3.8, 4) is 0 Å². The summed E-state index contributed by atoms with van der Waals surface area (Å²) in [6, 6.07) is 1.67. The van der Waals surface area contributed by atoms with Gasteiger partial charge in [-0.1, -0.05) is 0 Å². The third-order valence-electron chi connectivity index (χ3n) is 4.55. The lowest BCUT2D eigenvalue weighted by Gasteiger charge is -2.26. The lowest BCUT2D eigenvalue weighted by atomic mass is 9.79. The van der Waals surface area contributed by atoms with Crippen LogP contribution in [0.3, 0.4) is 0 Å². The van der Waals surface area contributed by atoms with Crippen LogP contribution in [0, 0.1) is 26.3 Å². The molecule has 120 valence electrons. The number of thiophene rings is 1. The number of nitrogens with zero attached hydrogens (tertiary/aromatic N) is 2. The first-order chi connectivity index (χ1) is 11.0. The Morgan fingerprint density at radius 3 is 2.57 bits per heavy atom. The topological polar surface area (TPSA) is 43.0 Å². The highest BCUT2D eigenvalue weighted by molar-refractivity contribution is 7.12. The fourth-order valence-electron chi connectivity index (χ4n) is 3.34. The highest BCUT2D eigenvalue weighted by Crippen LogP contribution is 2.47. The minimum Gasteiger partial charge on any atom is -0.466 e. The third kappa shape index (κ3) is 2.72. The van der Waals surface area contributed by atoms with Crippen molar-refractivity contribution in [1.29, 1.82) is 0 Å². The van der Waals surface area contributed by atoms with E-state index in [-0.39, 0.29) is 11.9 Å². The second-order valence-corrected chi connectivity index (χ2v) is 7.70. The van der Waals surface area contributed by atoms with Crippen molar-refractivity contribution in [1.82, 2.24) is 0 Å². The molecule has 2 heterocycles. The molecule has 1 aliphatic carbocycles. The Labute approximate surface area is 140 Å². The molecule has 0 amide bonds. The van der Waals surface area contributed by atoms with E-state index in [0.29, 0.717) is 11.5 Å². The van der Waals surface area contributed by atoms with E-state index in [1.165, 1.54) is 12.0 Å². The predicted molar refractivity (Wildman–Crippen MR) is 91.8 cm³/mol. The van der Waals surface area contributed by atoms with Crippen LogP contribution in [-0.4, -0.2) is 24.8 Å². The van der Waals surface area contributed by atoms with Gasteiger partial charge in [0.05, 0.1) is 24.1 Å². The Bertz CT molecular complexity index is 762. The van der Waals surface area contributed by atoms with Crippen LogP contribution < -0.4 is 0 Å². The number of ether oxygens (including phenoxy) is 1. The van der Waals surface area contributed by atoms with Crippen molar-refractivity contribution in [3.63, 3.8) is 0 Å². The zero-order valence-electron chi connectivity index (χ0n) is 13.8. The predicted octanol–water partition coefficient (Wildman–Crippen LogP) is 4.05. The van der Waals surface area contributed by atoms with Gasteiger partial charge in [-0.3, -0.25) is 4.99 Å². The van der Waals surface area contributed by atoms with Crippen molar-refractivity contribution in [3.05, 3.63) is 44.1 Å². The molecule has 1 saturated carbocycles. The molecule has 0 saturated heterocycles. The van der Waals surface area contributed by atoms with Gasteiger partial charge in [0.2, 0.25) is 0 Å². The number of hydrogen-bond acceptors (Lipinski definition) is 4. The molecule has 0 N–H and O–H groups in total. The maximum Gasteiger partial charge on any atom is 0.336 e. The monoisotopic (exact) mass is 328 g/mol. The van der Waals surface area contributed by atoms with E-state index in [1.807, 2.05) is 6.92 Å². The van der Waals surface area contributed by atoms with Gasteiger partial charge in [-0.25, -0.2) is 11.4 Å². The largest absolute Gasteiger partial charge is 0.466 e. The van der Waals surface area contributed by atoms with E-state index in [9.17, 15) is 4.79 Å². The second kappa shape index (κ2) is 5.93. The summed E-state index contributed by atoms with van der Waals surface area (Å²) in [5.41, 5.74) is 3.33. The van der Waals surface area contributed by atoms with E-state index in [4.69, 9.17) is 11.3 Å². The average molecular weight is 328 g/mol. The summed E-state index contributed by atoms with van der Waals surface area (Å²) in [6.45, 7) is 13.7. The number of rotatable bonds is 3. The van der Waals surface area contributed by atoms with Crippen molar-refractivity contribution >= 4 is 23.0 Å². The second-order valence-electron chi connectivity index (χ2n) is 6.24. The lowest BCUT2D eigenvalue weighted by Crippen LogP contribution is -2.33. The molecule has 4 nitrogen and oxygen atoms in total. The molecule has 23 heavy (non-hydrogen) atoms. The number of allylic oxidation sites excluding steroid dienone is 1. The molecule has 1 aromatic heterocycles. The fraction of sp³-hybridized carbons (Fsp3) is 0.500. The van der Waals surface area contributed by atoms with Crippen LogP contribution in [0.15, 0.2) is 22.3 Å². The van der Waals surface area contributed by atoms with E-state index in [2.05, 4.69) is 29.8 Å². The van der Waals surface area contributed by atoms with Crippen LogP contribution in [0.4, 0.5) is 0 Å². The average Bonchev–Trinajstić information content (AvgIpc) is 3.30. The zero-order chi connectivity index (χ0) is 16.7. The van der Waals surface area contributed by atoms with Crippen LogP contribution in [0.5, 0.6) is 0 Å². The molecule has 2 unspecified atom stereocenters. The van der Waals surface area contributed by atoms with Crippen LogP contribution in [0.2, 0.25) is 0 Å². The summed E-state index contributed by atoms with van der Waals surface area (Å²) in [5.74, 6) is -0.267. The highest BCUT2D eigenvalue weighted by atomic mass is 32.1. The van der Waals surface area contributed by atoms with Gasteiger partial charge in [-0.15, -0.1) is 11.3 Å². The molecule has 0 radical (unpaired) electrons. The van der Waals surface area contributed by atoms with Gasteiger partial charge in [-0.05, 0) is 45.2 Å². The van der Waals surface area contributed by atoms with Gasteiger partial charge >= 0.3 is 5.97 Å². The fourth-order valence-corrected chi connectivity index (χ4v) is 4.31. The lowest BCUT2D eigenvalue weighted by molar-refractivity contribution is -0.136. The Balaban J connectivity index is 2.22. The standard InChI is InChI=1S/C18H20N2O2S/c1-9-8-13(11(3)23-9)14-15(18(21)22-5)17(12-6-7-12)20-10(2)16(14)19-4/h8,12,14,16H,6-7H2,1-3,5H3. The summed E-state index contributed by atoms with van der Waals surface area (Å²) in [5, 5.41) is 0. The molecule has 0 spiro atoms. The van der Waals surface area contributed by atoms with E-state index in [0.717, 1.165) is 34.7 Å². The van der Waals surface area contributed by atoms with Crippen molar-refractivity contribution < 1.29 is 9.53 Å². The molecular weight excluding hydrogens is 308 g/mol. The highest BCUT2D eigenvalue weighted by Gasteiger charge is 2.46. The first-order valence-corrected chi connectivity index (χ1v) is 8.60. The number of hydrogen-bond donors (Lipinski definition) is 0. The van der Waals surface area contributed by atoms with Gasteiger partial charge in [0.15, 0.2) is 0 Å². The summed E-state index contributed by atoms with van der Waals surface area (Å²) in [7, 11) is 1.40. The Morgan fingerprint density at radius 1 is 1.39 bits per heavy atom. The van der Waals surface area contributed by atoms with Crippen LogP contribution in [-0.2, 0) is 9.53 Å². The number of methoxy groups -OCH3 is 1. The van der Waals surface area contributed by atoms with Gasteiger partial charge in [-0.2, -0.15) is 0 Å². The summed E-state index contributed by atoms with van der Waals surface area (Å²) in [4.78, 5) is 23.3. The first kappa shape index (κ1) is 15.9. The SMILES string of the molecule is [C-]#[N+]C1C(C)=NC(C2CC2)=C(C(=O)OC)C1c1cc(C)sc1C. The van der Waals surface area contributed by atoms with Crippen LogP contribution in [0.1, 0.15) is 41.0 Å². The number of aryl methyl sites for hydroxylation is 2. The molecular formula is C18H20N2O2S. The first-order valence-electron chi connectivity index (χ1n) is 7.79. The Morgan fingerprint density at radius 2 is 2.09 bits per heavy atom. The van der Waals surface area contributed by atoms with Crippen molar-refractivity contribution in [2.24, 2.45) is 10.9 Å². The molecule has 2 atom stereocenters. The van der Waals surface area contributed by atoms with Gasteiger partial charge in [0, 0.05) is 15.7 Å². The number of esters is 1. The normalized spacial score (nSPS) is 24.2. The Hall–Kier alpha value is -1.93. The minimum absolute atomic E-state index is 0.266. The molecule has 1 aliphatic heterocycles. The van der Waals surface area contributed by atoms with Crippen molar-refractivity contribution in [2.45, 2.75) is 45.6 Å². The zero-order valence-corrected chi connectivity index (χ0v) is 14.7. The molecule has 1 fully saturated rings. The quantitative estimate of drug-likeness (QED) is 0.620. The third-order valence-corrected chi connectivity index (χ3v) is 5.53. The molecule has 5 heteroatoms. The molecule has 3 rings (SSSR count). The maximum atomic E-state index is 12.5. The number of carbonyl (C=O) groups is 1.